The number of hydrogen-bond donors (Lipinski definition) is 0. The maximum atomic E-state index is 12.6. The molecule has 0 N–H and O–H groups in total. The third-order valence-corrected chi connectivity index (χ3v) is 6.14. The number of sulfone groups is 1. The molecule has 1 aromatic carbocycles. The molecule has 2 atom stereocenters. The van der Waals surface area contributed by atoms with Gasteiger partial charge in [-0.05, 0) is 31.5 Å². The third-order valence-electron chi connectivity index (χ3n) is 4.05. The minimum absolute atomic E-state index is 0.0452. The van der Waals surface area contributed by atoms with Crippen LogP contribution in [0.15, 0.2) is 28.7 Å². The fourth-order valence-corrected chi connectivity index (χ4v) is 5.19. The summed E-state index contributed by atoms with van der Waals surface area (Å²) >= 11 is 3.30. The van der Waals surface area contributed by atoms with Crippen molar-refractivity contribution in [2.45, 2.75) is 25.0 Å². The number of carbonyl (C=O) groups is 2. The summed E-state index contributed by atoms with van der Waals surface area (Å²) in [7, 11) is -3.68. The van der Waals surface area contributed by atoms with Gasteiger partial charge in [0, 0.05) is 16.6 Å². The lowest BCUT2D eigenvalue weighted by atomic mass is 9.99. The van der Waals surface area contributed by atoms with Gasteiger partial charge < -0.3 is 9.47 Å². The van der Waals surface area contributed by atoms with E-state index >= 15 is 0 Å². The minimum atomic E-state index is -3.68. The van der Waals surface area contributed by atoms with Crippen molar-refractivity contribution in [3.05, 3.63) is 34.3 Å². The summed E-state index contributed by atoms with van der Waals surface area (Å²) in [4.78, 5) is 25.1. The highest BCUT2D eigenvalue weighted by Crippen LogP contribution is 2.64. The average Bonchev–Trinajstić information content (AvgIpc) is 3.20. The lowest BCUT2D eigenvalue weighted by Crippen LogP contribution is -2.35. The topological polar surface area (TPSA) is 86.7 Å². The zero-order valence-electron chi connectivity index (χ0n) is 13.6. The van der Waals surface area contributed by atoms with Gasteiger partial charge in [0.2, 0.25) is 0 Å². The van der Waals surface area contributed by atoms with E-state index in [0.29, 0.717) is 5.56 Å². The van der Waals surface area contributed by atoms with E-state index < -0.39 is 38.4 Å². The van der Waals surface area contributed by atoms with Gasteiger partial charge in [-0.1, -0.05) is 28.1 Å². The second-order valence-electron chi connectivity index (χ2n) is 5.59. The number of halogens is 1. The van der Waals surface area contributed by atoms with Crippen LogP contribution < -0.4 is 0 Å². The summed E-state index contributed by atoms with van der Waals surface area (Å²) < 4.78 is 35.4. The Labute approximate surface area is 149 Å². The van der Waals surface area contributed by atoms with Gasteiger partial charge >= 0.3 is 11.9 Å². The van der Waals surface area contributed by atoms with Crippen molar-refractivity contribution in [2.75, 3.05) is 19.5 Å². The van der Waals surface area contributed by atoms with Crippen LogP contribution in [0.4, 0.5) is 0 Å². The predicted octanol–water partition coefficient (Wildman–Crippen LogP) is 2.07. The largest absolute Gasteiger partial charge is 0.465 e. The van der Waals surface area contributed by atoms with Gasteiger partial charge in [-0.3, -0.25) is 9.59 Å². The Bertz CT molecular complexity index is 722. The summed E-state index contributed by atoms with van der Waals surface area (Å²) in [5.74, 6) is -2.53. The highest BCUT2D eigenvalue weighted by molar-refractivity contribution is 9.10. The van der Waals surface area contributed by atoms with Crippen molar-refractivity contribution in [1.82, 2.24) is 0 Å². The van der Waals surface area contributed by atoms with E-state index in [9.17, 15) is 18.0 Å². The molecule has 1 aliphatic rings. The second-order valence-corrected chi connectivity index (χ2v) is 8.67. The summed E-state index contributed by atoms with van der Waals surface area (Å²) in [5, 5.41) is -1.19. The quantitative estimate of drug-likeness (QED) is 0.519. The molecule has 0 bridgehead atoms. The van der Waals surface area contributed by atoms with E-state index in [1.807, 2.05) is 0 Å². The van der Waals surface area contributed by atoms with Gasteiger partial charge in [0.05, 0.1) is 18.5 Å². The minimum Gasteiger partial charge on any atom is -0.465 e. The van der Waals surface area contributed by atoms with Crippen LogP contribution in [0.2, 0.25) is 0 Å². The second kappa shape index (κ2) is 6.84. The molecular formula is C16H19BrO6S. The van der Waals surface area contributed by atoms with Crippen LogP contribution in [0.1, 0.15) is 25.3 Å². The van der Waals surface area contributed by atoms with Crippen molar-refractivity contribution in [3.8, 4) is 0 Å². The van der Waals surface area contributed by atoms with Gasteiger partial charge in [0.25, 0.3) is 0 Å². The molecule has 0 spiro atoms. The molecule has 0 aromatic heterocycles. The summed E-state index contributed by atoms with van der Waals surface area (Å²) in [6.45, 7) is 3.29. The maximum Gasteiger partial charge on any atom is 0.325 e. The van der Waals surface area contributed by atoms with Crippen LogP contribution in [0, 0.1) is 5.41 Å². The summed E-state index contributed by atoms with van der Waals surface area (Å²) in [6.07, 6.45) is 1.02. The molecule has 0 heterocycles. The Balaban J connectivity index is 2.58. The van der Waals surface area contributed by atoms with Gasteiger partial charge in [-0.15, -0.1) is 0 Å². The molecule has 0 radical (unpaired) electrons. The maximum absolute atomic E-state index is 12.6. The lowest BCUT2D eigenvalue weighted by molar-refractivity contribution is -0.164. The van der Waals surface area contributed by atoms with E-state index in [-0.39, 0.29) is 13.2 Å². The van der Waals surface area contributed by atoms with Crippen molar-refractivity contribution < 1.29 is 27.5 Å². The Hall–Kier alpha value is -1.41. The first kappa shape index (κ1) is 18.9. The fourth-order valence-electron chi connectivity index (χ4n) is 3.12. The molecular weight excluding hydrogens is 400 g/mol. The van der Waals surface area contributed by atoms with Gasteiger partial charge in [-0.25, -0.2) is 8.42 Å². The van der Waals surface area contributed by atoms with Crippen LogP contribution in [0.25, 0.3) is 0 Å². The van der Waals surface area contributed by atoms with Crippen molar-refractivity contribution >= 4 is 37.7 Å². The average molecular weight is 419 g/mol. The molecule has 0 aliphatic heterocycles. The van der Waals surface area contributed by atoms with Gasteiger partial charge in [-0.2, -0.15) is 0 Å². The van der Waals surface area contributed by atoms with Gasteiger partial charge in [0.15, 0.2) is 15.3 Å². The molecule has 1 saturated carbocycles. The number of ether oxygens (including phenoxy) is 2. The van der Waals surface area contributed by atoms with Crippen LogP contribution in [-0.4, -0.2) is 45.1 Å². The standard InChI is InChI=1S/C16H19BrO6S/c1-4-22-14(18)16(15(19)23-5-2)12(13(16)24(3,20)21)10-6-8-11(17)9-7-10/h6-9,12-13H,4-5H2,1-3H3. The number of hydrogen-bond acceptors (Lipinski definition) is 6. The number of rotatable bonds is 6. The monoisotopic (exact) mass is 418 g/mol. The Morgan fingerprint density at radius 3 is 1.92 bits per heavy atom. The Morgan fingerprint density at radius 1 is 1.08 bits per heavy atom. The molecule has 132 valence electrons. The lowest BCUT2D eigenvalue weighted by Gasteiger charge is -2.15. The Kier molecular flexibility index (Phi) is 5.39. The molecule has 1 aromatic rings. The number of carbonyl (C=O) groups excluding carboxylic acids is 2. The first-order chi connectivity index (χ1) is 11.2. The summed E-state index contributed by atoms with van der Waals surface area (Å²) in [6, 6.07) is 6.84. The summed E-state index contributed by atoms with van der Waals surface area (Å²) in [5.41, 5.74) is -1.26. The predicted molar refractivity (Wildman–Crippen MR) is 91.2 cm³/mol. The van der Waals surface area contributed by atoms with Crippen LogP contribution in [-0.2, 0) is 28.9 Å². The third kappa shape index (κ3) is 3.09. The van der Waals surface area contributed by atoms with Crippen molar-refractivity contribution in [3.63, 3.8) is 0 Å². The molecule has 2 rings (SSSR count). The van der Waals surface area contributed by atoms with Crippen LogP contribution in [0.3, 0.4) is 0 Å². The fraction of sp³-hybridized carbons (Fsp3) is 0.500. The molecule has 2 unspecified atom stereocenters. The van der Waals surface area contributed by atoms with E-state index in [0.717, 1.165) is 10.7 Å². The van der Waals surface area contributed by atoms with Gasteiger partial charge in [0.1, 0.15) is 0 Å². The van der Waals surface area contributed by atoms with E-state index in [1.54, 1.807) is 38.1 Å². The van der Waals surface area contributed by atoms with Crippen LogP contribution >= 0.6 is 15.9 Å². The first-order valence-corrected chi connectivity index (χ1v) is 10.2. The molecule has 8 heteroatoms. The molecule has 0 saturated heterocycles. The Morgan fingerprint density at radius 2 is 1.54 bits per heavy atom. The van der Waals surface area contributed by atoms with Crippen molar-refractivity contribution in [2.24, 2.45) is 5.41 Å². The first-order valence-electron chi connectivity index (χ1n) is 7.50. The molecule has 6 nitrogen and oxygen atoms in total. The molecule has 0 amide bonds. The zero-order chi connectivity index (χ0) is 18.1. The smallest absolute Gasteiger partial charge is 0.325 e. The van der Waals surface area contributed by atoms with Crippen LogP contribution in [0.5, 0.6) is 0 Å². The zero-order valence-corrected chi connectivity index (χ0v) is 16.0. The SMILES string of the molecule is CCOC(=O)C1(C(=O)OCC)C(c2ccc(Br)cc2)C1S(C)(=O)=O. The highest BCUT2D eigenvalue weighted by Gasteiger charge is 2.80. The van der Waals surface area contributed by atoms with Crippen molar-refractivity contribution in [1.29, 1.82) is 0 Å². The normalized spacial score (nSPS) is 21.8. The molecule has 1 aliphatic carbocycles. The highest BCUT2D eigenvalue weighted by atomic mass is 79.9. The van der Waals surface area contributed by atoms with E-state index in [2.05, 4.69) is 15.9 Å². The number of benzene rings is 1. The molecule has 24 heavy (non-hydrogen) atoms. The van der Waals surface area contributed by atoms with E-state index in [4.69, 9.17) is 9.47 Å². The number of esters is 2. The van der Waals surface area contributed by atoms with E-state index in [1.165, 1.54) is 0 Å². The molecule has 1 fully saturated rings.